The molecule has 1 saturated carbocycles. The molecule has 0 N–H and O–H groups in total. The Bertz CT molecular complexity index is 523. The topological polar surface area (TPSA) is 51.5 Å². The largest absolute Gasteiger partial charge is 0.454 e. The van der Waals surface area contributed by atoms with Gasteiger partial charge in [0.25, 0.3) is 0 Å². The van der Waals surface area contributed by atoms with Crippen LogP contribution in [0.5, 0.6) is 11.5 Å². The molecular weight excluding hydrogens is 254 g/mol. The lowest BCUT2D eigenvalue weighted by molar-refractivity contribution is -0.0173. The second-order valence-electron chi connectivity index (χ2n) is 5.69. The predicted molar refractivity (Wildman–Crippen MR) is 73.3 cm³/mol. The molecule has 1 heterocycles. The zero-order chi connectivity index (χ0) is 13.9. The van der Waals surface area contributed by atoms with Gasteiger partial charge in [-0.05, 0) is 42.9 Å². The lowest BCUT2D eigenvalue weighted by Crippen LogP contribution is -2.30. The van der Waals surface area contributed by atoms with E-state index in [0.717, 1.165) is 36.3 Å². The average molecular weight is 273 g/mol. The van der Waals surface area contributed by atoms with Crippen molar-refractivity contribution in [2.75, 3.05) is 6.79 Å². The summed E-state index contributed by atoms with van der Waals surface area (Å²) in [5.74, 6) is 2.23. The predicted octanol–water partition coefficient (Wildman–Crippen LogP) is 3.26. The van der Waals surface area contributed by atoms with E-state index in [1.54, 1.807) is 0 Å². The van der Waals surface area contributed by atoms with E-state index >= 15 is 0 Å². The minimum atomic E-state index is 0.0280. The van der Waals surface area contributed by atoms with Crippen LogP contribution in [0.2, 0.25) is 0 Å². The number of hydrogen-bond acceptors (Lipinski definition) is 4. The average Bonchev–Trinajstić information content (AvgIpc) is 2.92. The summed E-state index contributed by atoms with van der Waals surface area (Å²) in [6.45, 7) is 3.03. The van der Waals surface area contributed by atoms with Gasteiger partial charge in [-0.25, -0.2) is 0 Å². The van der Waals surface area contributed by atoms with Crippen LogP contribution in [-0.2, 0) is 11.3 Å². The molecule has 3 rings (SSSR count). The molecule has 0 aromatic heterocycles. The van der Waals surface area contributed by atoms with Crippen molar-refractivity contribution in [2.24, 2.45) is 11.8 Å². The molecule has 4 heteroatoms. The lowest BCUT2D eigenvalue weighted by atomic mass is 9.81. The Labute approximate surface area is 119 Å². The van der Waals surface area contributed by atoms with Crippen LogP contribution in [0.25, 0.3) is 0 Å². The van der Waals surface area contributed by atoms with Gasteiger partial charge in [0.15, 0.2) is 11.5 Å². The van der Waals surface area contributed by atoms with Gasteiger partial charge in [-0.15, -0.1) is 0 Å². The van der Waals surface area contributed by atoms with Crippen LogP contribution in [0.3, 0.4) is 0 Å². The van der Waals surface area contributed by atoms with Crippen molar-refractivity contribution in [3.63, 3.8) is 0 Å². The molecule has 0 saturated heterocycles. The molecule has 1 aromatic carbocycles. The van der Waals surface area contributed by atoms with Crippen LogP contribution in [0.1, 0.15) is 31.7 Å². The molecular formula is C16H19NO3. The third kappa shape index (κ3) is 2.73. The van der Waals surface area contributed by atoms with Crippen molar-refractivity contribution >= 4 is 0 Å². The molecule has 0 amide bonds. The van der Waals surface area contributed by atoms with E-state index < -0.39 is 0 Å². The minimum absolute atomic E-state index is 0.0280. The Morgan fingerprint density at radius 2 is 2.15 bits per heavy atom. The van der Waals surface area contributed by atoms with Crippen molar-refractivity contribution in [3.8, 4) is 17.6 Å². The Morgan fingerprint density at radius 1 is 1.30 bits per heavy atom. The lowest BCUT2D eigenvalue weighted by Gasteiger charge is -2.30. The van der Waals surface area contributed by atoms with E-state index in [0.29, 0.717) is 12.5 Å². The Hall–Kier alpha value is -1.73. The number of nitrogens with zero attached hydrogens (tertiary/aromatic N) is 1. The van der Waals surface area contributed by atoms with E-state index in [4.69, 9.17) is 14.2 Å². The SMILES string of the molecule is CC1CCC(C#N)C(OCc2ccc3c(c2)OCO3)C1. The highest BCUT2D eigenvalue weighted by atomic mass is 16.7. The van der Waals surface area contributed by atoms with Gasteiger partial charge in [-0.3, -0.25) is 0 Å². The second kappa shape index (κ2) is 5.72. The highest BCUT2D eigenvalue weighted by Gasteiger charge is 2.29. The summed E-state index contributed by atoms with van der Waals surface area (Å²) in [5, 5.41) is 9.21. The number of benzene rings is 1. The van der Waals surface area contributed by atoms with Gasteiger partial charge in [-0.1, -0.05) is 13.0 Å². The van der Waals surface area contributed by atoms with Gasteiger partial charge >= 0.3 is 0 Å². The minimum Gasteiger partial charge on any atom is -0.454 e. The van der Waals surface area contributed by atoms with Gasteiger partial charge in [-0.2, -0.15) is 5.26 Å². The highest BCUT2D eigenvalue weighted by Crippen LogP contribution is 2.34. The van der Waals surface area contributed by atoms with Gasteiger partial charge < -0.3 is 14.2 Å². The van der Waals surface area contributed by atoms with E-state index in [1.165, 1.54) is 0 Å². The maximum absolute atomic E-state index is 9.21. The van der Waals surface area contributed by atoms with Crippen LogP contribution in [0.15, 0.2) is 18.2 Å². The van der Waals surface area contributed by atoms with Crippen molar-refractivity contribution in [3.05, 3.63) is 23.8 Å². The smallest absolute Gasteiger partial charge is 0.231 e. The molecule has 1 aliphatic heterocycles. The quantitative estimate of drug-likeness (QED) is 0.848. The third-order valence-corrected chi connectivity index (χ3v) is 4.12. The van der Waals surface area contributed by atoms with Crippen molar-refractivity contribution in [1.29, 1.82) is 5.26 Å². The first-order valence-corrected chi connectivity index (χ1v) is 7.16. The summed E-state index contributed by atoms with van der Waals surface area (Å²) >= 11 is 0. The first kappa shape index (κ1) is 13.3. The number of nitriles is 1. The summed E-state index contributed by atoms with van der Waals surface area (Å²) in [5.41, 5.74) is 1.06. The molecule has 0 radical (unpaired) electrons. The molecule has 1 aliphatic carbocycles. The van der Waals surface area contributed by atoms with Crippen LogP contribution >= 0.6 is 0 Å². The fourth-order valence-corrected chi connectivity index (χ4v) is 2.89. The maximum Gasteiger partial charge on any atom is 0.231 e. The van der Waals surface area contributed by atoms with E-state index in [1.807, 2.05) is 18.2 Å². The van der Waals surface area contributed by atoms with Crippen molar-refractivity contribution < 1.29 is 14.2 Å². The van der Waals surface area contributed by atoms with Gasteiger partial charge in [0.1, 0.15) is 0 Å². The monoisotopic (exact) mass is 273 g/mol. The molecule has 0 spiro atoms. The standard InChI is InChI=1S/C16H19NO3/c1-11-2-4-13(8-17)15(6-11)18-9-12-3-5-14-16(7-12)20-10-19-14/h3,5,7,11,13,15H,2,4,6,9-10H2,1H3. The second-order valence-corrected chi connectivity index (χ2v) is 5.69. The molecule has 0 bridgehead atoms. The highest BCUT2D eigenvalue weighted by molar-refractivity contribution is 5.44. The zero-order valence-corrected chi connectivity index (χ0v) is 11.7. The Balaban J connectivity index is 1.62. The number of hydrogen-bond donors (Lipinski definition) is 0. The maximum atomic E-state index is 9.21. The molecule has 2 aliphatic rings. The zero-order valence-electron chi connectivity index (χ0n) is 11.7. The van der Waals surface area contributed by atoms with Crippen molar-refractivity contribution in [2.45, 2.75) is 38.9 Å². The first-order chi connectivity index (χ1) is 9.76. The fraction of sp³-hybridized carbons (Fsp3) is 0.562. The van der Waals surface area contributed by atoms with Crippen LogP contribution in [0, 0.1) is 23.2 Å². The number of ether oxygens (including phenoxy) is 3. The van der Waals surface area contributed by atoms with E-state index in [9.17, 15) is 5.26 Å². The Kier molecular flexibility index (Phi) is 3.79. The summed E-state index contributed by atoms with van der Waals surface area (Å²) < 4.78 is 16.6. The summed E-state index contributed by atoms with van der Waals surface area (Å²) in [7, 11) is 0. The molecule has 3 atom stereocenters. The summed E-state index contributed by atoms with van der Waals surface area (Å²) in [4.78, 5) is 0. The van der Waals surface area contributed by atoms with Gasteiger partial charge in [0, 0.05) is 0 Å². The van der Waals surface area contributed by atoms with Crippen LogP contribution < -0.4 is 9.47 Å². The van der Waals surface area contributed by atoms with Gasteiger partial charge in [0.2, 0.25) is 6.79 Å². The molecule has 1 fully saturated rings. The third-order valence-electron chi connectivity index (χ3n) is 4.12. The fourth-order valence-electron chi connectivity index (χ4n) is 2.89. The van der Waals surface area contributed by atoms with Crippen LogP contribution in [-0.4, -0.2) is 12.9 Å². The van der Waals surface area contributed by atoms with Crippen LogP contribution in [0.4, 0.5) is 0 Å². The number of fused-ring (bicyclic) bond motifs is 1. The van der Waals surface area contributed by atoms with E-state index in [2.05, 4.69) is 13.0 Å². The van der Waals surface area contributed by atoms with Crippen molar-refractivity contribution in [1.82, 2.24) is 0 Å². The summed E-state index contributed by atoms with van der Waals surface area (Å²) in [6, 6.07) is 8.23. The summed E-state index contributed by atoms with van der Waals surface area (Å²) in [6.07, 6.45) is 3.10. The number of rotatable bonds is 3. The first-order valence-electron chi connectivity index (χ1n) is 7.16. The van der Waals surface area contributed by atoms with E-state index in [-0.39, 0.29) is 18.8 Å². The molecule has 106 valence electrons. The normalized spacial score (nSPS) is 28.1. The molecule has 4 nitrogen and oxygen atoms in total. The molecule has 20 heavy (non-hydrogen) atoms. The Morgan fingerprint density at radius 3 is 3.00 bits per heavy atom. The molecule has 1 aromatic rings. The molecule has 3 unspecified atom stereocenters. The van der Waals surface area contributed by atoms with Gasteiger partial charge in [0.05, 0.1) is 24.7 Å².